The zero-order valence-electron chi connectivity index (χ0n) is 21.3. The third-order valence-electron chi connectivity index (χ3n) is 6.82. The van der Waals surface area contributed by atoms with E-state index < -0.39 is 17.9 Å². The third-order valence-corrected chi connectivity index (χ3v) is 7.41. The number of carboxylic acid groups (broad SMARTS) is 1. The number of dihydropyridines is 1. The fourth-order valence-corrected chi connectivity index (χ4v) is 5.56. The summed E-state index contributed by atoms with van der Waals surface area (Å²) in [5.74, 6) is -1.60. The van der Waals surface area contributed by atoms with E-state index in [1.165, 1.54) is 26.4 Å². The normalized spacial score (nSPS) is 15.9. The van der Waals surface area contributed by atoms with Crippen LogP contribution in [0.4, 0.5) is 0 Å². The lowest BCUT2D eigenvalue weighted by atomic mass is 9.79. The average Bonchev–Trinajstić information content (AvgIpc) is 3.22. The molecule has 39 heavy (non-hydrogen) atoms. The van der Waals surface area contributed by atoms with Crippen LogP contribution in [0.1, 0.15) is 50.2 Å². The second-order valence-electron chi connectivity index (χ2n) is 9.08. The van der Waals surface area contributed by atoms with Gasteiger partial charge in [0, 0.05) is 28.3 Å². The fraction of sp³-hybridized carbons (Fsp3) is 0.167. The van der Waals surface area contributed by atoms with Gasteiger partial charge in [-0.15, -0.1) is 0 Å². The quantitative estimate of drug-likeness (QED) is 0.349. The highest BCUT2D eigenvalue weighted by atomic mass is 79.9. The Labute approximate surface area is 233 Å². The standard InChI is InChI=1S/C30H24BrNO7/c1-15-23(30(36)38-3)24(25-26(32-15)19-6-4-5-7-20(19)27(25)33)18-12-21(31)28(22(13-18)37-2)39-14-16-8-10-17(11-9-16)29(34)35/h4-13,24,32H,14H2,1-3H3,(H,34,35)/t24-/m0/s1. The number of aromatic carboxylic acids is 1. The molecule has 0 bridgehead atoms. The van der Waals surface area contributed by atoms with Crippen molar-refractivity contribution in [2.75, 3.05) is 14.2 Å². The topological polar surface area (TPSA) is 111 Å². The van der Waals surface area contributed by atoms with Gasteiger partial charge in [0.15, 0.2) is 17.3 Å². The van der Waals surface area contributed by atoms with Crippen LogP contribution in [0.5, 0.6) is 11.5 Å². The number of benzene rings is 3. The number of esters is 1. The van der Waals surface area contributed by atoms with Crippen molar-refractivity contribution in [3.8, 4) is 11.5 Å². The number of ketones is 1. The molecule has 1 aliphatic heterocycles. The number of nitrogens with one attached hydrogen (secondary N) is 1. The third kappa shape index (κ3) is 4.59. The van der Waals surface area contributed by atoms with Crippen LogP contribution in [0.3, 0.4) is 0 Å². The molecule has 8 nitrogen and oxygen atoms in total. The van der Waals surface area contributed by atoms with Gasteiger partial charge >= 0.3 is 11.9 Å². The summed E-state index contributed by atoms with van der Waals surface area (Å²) in [4.78, 5) is 37.8. The number of methoxy groups -OCH3 is 2. The molecule has 0 saturated carbocycles. The maximum absolute atomic E-state index is 13.6. The SMILES string of the molecule is COC(=O)C1=C(C)NC2=C(C(=O)c3ccccc32)[C@H]1c1cc(Br)c(OCc2ccc(C(=O)O)cc2)c(OC)c1. The van der Waals surface area contributed by atoms with Crippen molar-refractivity contribution >= 4 is 39.3 Å². The van der Waals surface area contributed by atoms with Crippen molar-refractivity contribution in [1.82, 2.24) is 5.32 Å². The first-order valence-electron chi connectivity index (χ1n) is 12.0. The van der Waals surface area contributed by atoms with E-state index >= 15 is 0 Å². The van der Waals surface area contributed by atoms with Gasteiger partial charge in [-0.3, -0.25) is 4.79 Å². The molecule has 3 aromatic carbocycles. The molecule has 198 valence electrons. The number of carbonyl (C=O) groups excluding carboxylic acids is 2. The molecule has 0 saturated heterocycles. The minimum atomic E-state index is -1.00. The lowest BCUT2D eigenvalue weighted by molar-refractivity contribution is -0.136. The molecule has 1 aliphatic carbocycles. The first kappa shape index (κ1) is 26.2. The zero-order valence-corrected chi connectivity index (χ0v) is 22.9. The predicted octanol–water partition coefficient (Wildman–Crippen LogP) is 5.48. The Bertz CT molecular complexity index is 1590. The molecule has 0 radical (unpaired) electrons. The van der Waals surface area contributed by atoms with Gasteiger partial charge in [0.25, 0.3) is 0 Å². The summed E-state index contributed by atoms with van der Waals surface area (Å²) in [5, 5.41) is 12.4. The Morgan fingerprint density at radius 2 is 1.72 bits per heavy atom. The van der Waals surface area contributed by atoms with Gasteiger partial charge in [-0.1, -0.05) is 36.4 Å². The number of allylic oxidation sites excluding steroid dienone is 2. The van der Waals surface area contributed by atoms with E-state index in [-0.39, 0.29) is 18.0 Å². The van der Waals surface area contributed by atoms with E-state index in [4.69, 9.17) is 19.3 Å². The van der Waals surface area contributed by atoms with Crippen molar-refractivity contribution in [2.24, 2.45) is 0 Å². The molecule has 3 aromatic rings. The van der Waals surface area contributed by atoms with Crippen LogP contribution in [-0.2, 0) is 16.1 Å². The van der Waals surface area contributed by atoms with Gasteiger partial charge in [-0.2, -0.15) is 0 Å². The monoisotopic (exact) mass is 589 g/mol. The van der Waals surface area contributed by atoms with Crippen LogP contribution in [0, 0.1) is 0 Å². The highest BCUT2D eigenvalue weighted by Gasteiger charge is 2.43. The summed E-state index contributed by atoms with van der Waals surface area (Å²) in [5.41, 5.74) is 5.01. The van der Waals surface area contributed by atoms with Crippen LogP contribution in [0.15, 0.2) is 82.0 Å². The highest BCUT2D eigenvalue weighted by molar-refractivity contribution is 9.10. The molecular weight excluding hydrogens is 566 g/mol. The number of Topliss-reactive ketones (excluding diaryl/α,β-unsaturated/α-hetero) is 1. The molecule has 0 aromatic heterocycles. The van der Waals surface area contributed by atoms with Crippen molar-refractivity contribution < 1.29 is 33.7 Å². The minimum absolute atomic E-state index is 0.160. The molecule has 1 heterocycles. The minimum Gasteiger partial charge on any atom is -0.493 e. The first-order valence-corrected chi connectivity index (χ1v) is 12.8. The highest BCUT2D eigenvalue weighted by Crippen LogP contribution is 2.49. The Kier molecular flexibility index (Phi) is 7.01. The molecule has 0 fully saturated rings. The van der Waals surface area contributed by atoms with Crippen LogP contribution in [0.25, 0.3) is 5.70 Å². The van der Waals surface area contributed by atoms with Crippen LogP contribution >= 0.6 is 15.9 Å². The number of ether oxygens (including phenoxy) is 3. The second-order valence-corrected chi connectivity index (χ2v) is 9.93. The summed E-state index contributed by atoms with van der Waals surface area (Å²) in [6, 6.07) is 17.3. The van der Waals surface area contributed by atoms with Crippen molar-refractivity contribution in [2.45, 2.75) is 19.4 Å². The molecule has 5 rings (SSSR count). The number of carbonyl (C=O) groups is 3. The Hall–Kier alpha value is -4.37. The Morgan fingerprint density at radius 3 is 2.36 bits per heavy atom. The number of rotatable bonds is 7. The molecule has 2 aliphatic rings. The summed E-state index contributed by atoms with van der Waals surface area (Å²) in [7, 11) is 2.82. The van der Waals surface area contributed by atoms with Crippen LogP contribution < -0.4 is 14.8 Å². The van der Waals surface area contributed by atoms with E-state index in [1.54, 1.807) is 37.3 Å². The predicted molar refractivity (Wildman–Crippen MR) is 147 cm³/mol. The van der Waals surface area contributed by atoms with E-state index in [1.807, 2.05) is 18.2 Å². The van der Waals surface area contributed by atoms with E-state index in [0.717, 1.165) is 11.1 Å². The first-order chi connectivity index (χ1) is 18.7. The largest absolute Gasteiger partial charge is 0.493 e. The molecule has 1 atom stereocenters. The average molecular weight is 590 g/mol. The van der Waals surface area contributed by atoms with E-state index in [0.29, 0.717) is 49.6 Å². The number of fused-ring (bicyclic) bond motifs is 2. The fourth-order valence-electron chi connectivity index (χ4n) is 4.99. The van der Waals surface area contributed by atoms with E-state index in [9.17, 15) is 14.4 Å². The maximum atomic E-state index is 13.6. The summed E-state index contributed by atoms with van der Waals surface area (Å²) < 4.78 is 17.4. The van der Waals surface area contributed by atoms with Gasteiger partial charge in [-0.05, 0) is 58.2 Å². The number of carboxylic acids is 1. The van der Waals surface area contributed by atoms with E-state index in [2.05, 4.69) is 21.2 Å². The van der Waals surface area contributed by atoms with Crippen LogP contribution in [0.2, 0.25) is 0 Å². The summed E-state index contributed by atoms with van der Waals surface area (Å²) in [6.07, 6.45) is 0. The van der Waals surface area contributed by atoms with Gasteiger partial charge in [0.1, 0.15) is 6.61 Å². The zero-order chi connectivity index (χ0) is 27.8. The number of hydrogen-bond donors (Lipinski definition) is 2. The molecule has 0 amide bonds. The van der Waals surface area contributed by atoms with Gasteiger partial charge < -0.3 is 24.6 Å². The van der Waals surface area contributed by atoms with Crippen molar-refractivity contribution in [3.63, 3.8) is 0 Å². The Balaban J connectivity index is 1.56. The summed E-state index contributed by atoms with van der Waals surface area (Å²) >= 11 is 3.58. The second kappa shape index (κ2) is 10.4. The smallest absolute Gasteiger partial charge is 0.336 e. The van der Waals surface area contributed by atoms with Gasteiger partial charge in [-0.25, -0.2) is 9.59 Å². The molecule has 0 unspecified atom stereocenters. The molecule has 2 N–H and O–H groups in total. The molecular formula is C30H24BrNO7. The van der Waals surface area contributed by atoms with Gasteiger partial charge in [0.05, 0.1) is 35.5 Å². The Morgan fingerprint density at radius 1 is 1.03 bits per heavy atom. The summed E-state index contributed by atoms with van der Waals surface area (Å²) in [6.45, 7) is 1.95. The number of halogens is 1. The lowest BCUT2D eigenvalue weighted by Crippen LogP contribution is -2.29. The van der Waals surface area contributed by atoms with Crippen molar-refractivity contribution in [3.05, 3.63) is 110 Å². The number of hydrogen-bond acceptors (Lipinski definition) is 7. The lowest BCUT2D eigenvalue weighted by Gasteiger charge is -2.29. The molecule has 9 heteroatoms. The van der Waals surface area contributed by atoms with Gasteiger partial charge in [0.2, 0.25) is 0 Å². The molecule has 0 spiro atoms. The van der Waals surface area contributed by atoms with Crippen molar-refractivity contribution in [1.29, 1.82) is 0 Å². The maximum Gasteiger partial charge on any atom is 0.336 e. The van der Waals surface area contributed by atoms with Crippen LogP contribution in [-0.4, -0.2) is 37.0 Å².